The van der Waals surface area contributed by atoms with Crippen LogP contribution in [0, 0.1) is 0 Å². The van der Waals surface area contributed by atoms with Crippen LogP contribution >= 0.6 is 0 Å². The van der Waals surface area contributed by atoms with Gasteiger partial charge in [-0.2, -0.15) is 0 Å². The predicted molar refractivity (Wildman–Crippen MR) is 59.8 cm³/mol. The zero-order valence-electron chi connectivity index (χ0n) is 8.82. The second kappa shape index (κ2) is 3.46. The Morgan fingerprint density at radius 3 is 3.00 bits per heavy atom. The molecule has 4 heteroatoms. The summed E-state index contributed by atoms with van der Waals surface area (Å²) >= 11 is 0. The Kier molecular flexibility index (Phi) is 2.26. The van der Waals surface area contributed by atoms with Gasteiger partial charge in [-0.1, -0.05) is 6.07 Å². The Morgan fingerprint density at radius 2 is 2.33 bits per heavy atom. The molecule has 0 spiro atoms. The lowest BCUT2D eigenvalue weighted by Crippen LogP contribution is -2.38. The molecule has 1 aromatic carbocycles. The van der Waals surface area contributed by atoms with E-state index in [-0.39, 0.29) is 6.04 Å². The number of likely N-dealkylation sites (N-methyl/N-ethyl adjacent to an activating group) is 1. The summed E-state index contributed by atoms with van der Waals surface area (Å²) in [5.74, 6) is -0.887. The minimum absolute atomic E-state index is 0.267. The molecule has 1 aromatic rings. The van der Waals surface area contributed by atoms with Crippen molar-refractivity contribution in [2.24, 2.45) is 0 Å². The number of carboxylic acids is 1. The summed E-state index contributed by atoms with van der Waals surface area (Å²) in [7, 11) is 1.97. The lowest BCUT2D eigenvalue weighted by atomic mass is 10.1. The van der Waals surface area contributed by atoms with Crippen LogP contribution < -0.4 is 10.2 Å². The highest BCUT2D eigenvalue weighted by Gasteiger charge is 2.22. The molecule has 0 bridgehead atoms. The topological polar surface area (TPSA) is 52.6 Å². The summed E-state index contributed by atoms with van der Waals surface area (Å²) in [4.78, 5) is 13.1. The molecule has 0 saturated heterocycles. The van der Waals surface area contributed by atoms with Crippen LogP contribution in [0.2, 0.25) is 0 Å². The van der Waals surface area contributed by atoms with Gasteiger partial charge in [0.15, 0.2) is 0 Å². The SMILES string of the molecule is CC1CN(C)c2cccc(C(=O)O)c2N1. The van der Waals surface area contributed by atoms with Gasteiger partial charge in [0.1, 0.15) is 0 Å². The quantitative estimate of drug-likeness (QED) is 0.733. The molecule has 1 heterocycles. The number of benzene rings is 1. The van der Waals surface area contributed by atoms with Crippen LogP contribution in [0.5, 0.6) is 0 Å². The zero-order valence-corrected chi connectivity index (χ0v) is 8.82. The maximum Gasteiger partial charge on any atom is 0.337 e. The van der Waals surface area contributed by atoms with E-state index in [9.17, 15) is 4.79 Å². The van der Waals surface area contributed by atoms with E-state index in [0.29, 0.717) is 5.56 Å². The standard InChI is InChI=1S/C11H14N2O2/c1-7-6-13(2)9-5-3-4-8(11(14)15)10(9)12-7/h3-5,7,12H,6H2,1-2H3,(H,14,15). The van der Waals surface area contributed by atoms with Gasteiger partial charge >= 0.3 is 5.97 Å². The molecular formula is C11H14N2O2. The molecule has 1 unspecified atom stereocenters. The van der Waals surface area contributed by atoms with Gasteiger partial charge < -0.3 is 15.3 Å². The fourth-order valence-corrected chi connectivity index (χ4v) is 1.99. The first-order valence-electron chi connectivity index (χ1n) is 4.93. The van der Waals surface area contributed by atoms with Gasteiger partial charge in [-0.3, -0.25) is 0 Å². The number of carbonyl (C=O) groups is 1. The van der Waals surface area contributed by atoms with Crippen molar-refractivity contribution in [3.63, 3.8) is 0 Å². The number of rotatable bonds is 1. The number of nitrogens with zero attached hydrogens (tertiary/aromatic N) is 1. The normalized spacial score (nSPS) is 19.3. The van der Waals surface area contributed by atoms with E-state index in [1.54, 1.807) is 12.1 Å². The van der Waals surface area contributed by atoms with E-state index in [2.05, 4.69) is 10.2 Å². The van der Waals surface area contributed by atoms with Crippen LogP contribution in [0.1, 0.15) is 17.3 Å². The first-order chi connectivity index (χ1) is 7.09. The smallest absolute Gasteiger partial charge is 0.337 e. The number of fused-ring (bicyclic) bond motifs is 1. The van der Waals surface area contributed by atoms with Crippen LogP contribution in [0.4, 0.5) is 11.4 Å². The predicted octanol–water partition coefficient (Wildman–Crippen LogP) is 1.64. The van der Waals surface area contributed by atoms with Crippen molar-refractivity contribution in [2.45, 2.75) is 13.0 Å². The highest BCUT2D eigenvalue weighted by molar-refractivity contribution is 5.98. The zero-order chi connectivity index (χ0) is 11.0. The van der Waals surface area contributed by atoms with Crippen molar-refractivity contribution >= 4 is 17.3 Å². The van der Waals surface area contributed by atoms with Gasteiger partial charge in [-0.25, -0.2) is 4.79 Å². The third-order valence-corrected chi connectivity index (χ3v) is 2.62. The van der Waals surface area contributed by atoms with Crippen molar-refractivity contribution in [1.82, 2.24) is 0 Å². The molecule has 0 fully saturated rings. The second-order valence-corrected chi connectivity index (χ2v) is 3.93. The number of para-hydroxylation sites is 1. The molecule has 4 nitrogen and oxygen atoms in total. The van der Waals surface area contributed by atoms with E-state index in [4.69, 9.17) is 5.11 Å². The van der Waals surface area contributed by atoms with E-state index < -0.39 is 5.97 Å². The average Bonchev–Trinajstić information content (AvgIpc) is 2.16. The maximum atomic E-state index is 11.0. The van der Waals surface area contributed by atoms with Crippen LogP contribution in [0.25, 0.3) is 0 Å². The molecule has 2 N–H and O–H groups in total. The second-order valence-electron chi connectivity index (χ2n) is 3.93. The number of aromatic carboxylic acids is 1. The lowest BCUT2D eigenvalue weighted by molar-refractivity contribution is 0.0698. The van der Waals surface area contributed by atoms with Crippen molar-refractivity contribution < 1.29 is 9.90 Å². The van der Waals surface area contributed by atoms with Crippen LogP contribution in [0.15, 0.2) is 18.2 Å². The van der Waals surface area contributed by atoms with Gasteiger partial charge in [-0.15, -0.1) is 0 Å². The fourth-order valence-electron chi connectivity index (χ4n) is 1.99. The van der Waals surface area contributed by atoms with E-state index in [0.717, 1.165) is 17.9 Å². The van der Waals surface area contributed by atoms with Crippen LogP contribution in [0.3, 0.4) is 0 Å². The molecule has 0 aromatic heterocycles. The number of anilines is 2. The first-order valence-corrected chi connectivity index (χ1v) is 4.93. The van der Waals surface area contributed by atoms with Gasteiger partial charge in [0.2, 0.25) is 0 Å². The summed E-state index contributed by atoms with van der Waals surface area (Å²) in [6, 6.07) is 5.60. The highest BCUT2D eigenvalue weighted by atomic mass is 16.4. The minimum atomic E-state index is -0.887. The molecule has 1 aliphatic rings. The Morgan fingerprint density at radius 1 is 1.60 bits per heavy atom. The Labute approximate surface area is 88.5 Å². The molecule has 0 amide bonds. The van der Waals surface area contributed by atoms with Crippen molar-refractivity contribution in [3.8, 4) is 0 Å². The van der Waals surface area contributed by atoms with Crippen molar-refractivity contribution in [2.75, 3.05) is 23.8 Å². The third-order valence-electron chi connectivity index (χ3n) is 2.62. The fraction of sp³-hybridized carbons (Fsp3) is 0.364. The Bertz CT molecular complexity index is 404. The van der Waals surface area contributed by atoms with E-state index >= 15 is 0 Å². The highest BCUT2D eigenvalue weighted by Crippen LogP contribution is 2.32. The molecule has 80 valence electrons. The van der Waals surface area contributed by atoms with Gasteiger partial charge in [0, 0.05) is 19.6 Å². The molecule has 0 radical (unpaired) electrons. The lowest BCUT2D eigenvalue weighted by Gasteiger charge is -2.33. The molecule has 1 aliphatic heterocycles. The van der Waals surface area contributed by atoms with E-state index in [1.165, 1.54) is 0 Å². The summed E-state index contributed by atoms with van der Waals surface area (Å²) < 4.78 is 0. The molecular weight excluding hydrogens is 192 g/mol. The molecule has 1 atom stereocenters. The number of hydrogen-bond acceptors (Lipinski definition) is 3. The summed E-state index contributed by atoms with van der Waals surface area (Å²) in [6.07, 6.45) is 0. The van der Waals surface area contributed by atoms with Crippen molar-refractivity contribution in [1.29, 1.82) is 0 Å². The Hall–Kier alpha value is -1.71. The number of carboxylic acid groups (broad SMARTS) is 1. The van der Waals surface area contributed by atoms with Gasteiger partial charge in [-0.05, 0) is 19.1 Å². The molecule has 15 heavy (non-hydrogen) atoms. The summed E-state index contributed by atoms with van der Waals surface area (Å²) in [5, 5.41) is 12.3. The minimum Gasteiger partial charge on any atom is -0.478 e. The Balaban J connectivity index is 2.54. The third kappa shape index (κ3) is 1.63. The summed E-state index contributed by atoms with van der Waals surface area (Å²) in [6.45, 7) is 2.92. The number of nitrogens with one attached hydrogen (secondary N) is 1. The average molecular weight is 206 g/mol. The van der Waals surface area contributed by atoms with Crippen LogP contribution in [-0.2, 0) is 0 Å². The van der Waals surface area contributed by atoms with Gasteiger partial charge in [0.25, 0.3) is 0 Å². The maximum absolute atomic E-state index is 11.0. The van der Waals surface area contributed by atoms with E-state index in [1.807, 2.05) is 20.0 Å². The number of hydrogen-bond donors (Lipinski definition) is 2. The summed E-state index contributed by atoms with van der Waals surface area (Å²) in [5.41, 5.74) is 2.02. The molecule has 0 aliphatic carbocycles. The monoisotopic (exact) mass is 206 g/mol. The molecule has 0 saturated carbocycles. The van der Waals surface area contributed by atoms with Gasteiger partial charge in [0.05, 0.1) is 16.9 Å². The first kappa shape index (κ1) is 9.83. The van der Waals surface area contributed by atoms with Crippen molar-refractivity contribution in [3.05, 3.63) is 23.8 Å². The largest absolute Gasteiger partial charge is 0.478 e. The molecule has 2 rings (SSSR count). The van der Waals surface area contributed by atoms with Crippen LogP contribution in [-0.4, -0.2) is 30.7 Å².